The lowest BCUT2D eigenvalue weighted by atomic mass is 10.1. The number of imidazole rings is 1. The van der Waals surface area contributed by atoms with Gasteiger partial charge in [0.25, 0.3) is 0 Å². The fourth-order valence-corrected chi connectivity index (χ4v) is 3.13. The van der Waals surface area contributed by atoms with E-state index in [1.807, 2.05) is 17.0 Å². The van der Waals surface area contributed by atoms with Gasteiger partial charge in [-0.05, 0) is 24.0 Å². The van der Waals surface area contributed by atoms with E-state index < -0.39 is 6.55 Å². The van der Waals surface area contributed by atoms with Gasteiger partial charge in [-0.25, -0.2) is 4.98 Å². The van der Waals surface area contributed by atoms with Gasteiger partial charge in [0.2, 0.25) is 0 Å². The van der Waals surface area contributed by atoms with Crippen LogP contribution in [0.25, 0.3) is 0 Å². The SMILES string of the molecule is C#CCN(Cc1nccn1C(F)F)C1CCc2ccccc21. The minimum atomic E-state index is -2.58. The lowest BCUT2D eigenvalue weighted by Crippen LogP contribution is -2.29. The van der Waals surface area contributed by atoms with E-state index in [-0.39, 0.29) is 6.04 Å². The third kappa shape index (κ3) is 2.75. The Kier molecular flexibility index (Phi) is 4.21. The Morgan fingerprint density at radius 1 is 1.41 bits per heavy atom. The third-order valence-electron chi connectivity index (χ3n) is 4.14. The first-order valence-corrected chi connectivity index (χ1v) is 7.26. The zero-order chi connectivity index (χ0) is 15.5. The summed E-state index contributed by atoms with van der Waals surface area (Å²) in [7, 11) is 0. The molecule has 1 aliphatic rings. The highest BCUT2D eigenvalue weighted by molar-refractivity contribution is 5.34. The standard InChI is InChI=1S/C17H17F2N3/c1-2-10-21(12-16-20-9-11-22(16)17(18)19)15-8-7-13-5-3-4-6-14(13)15/h1,3-6,9,11,15,17H,7-8,10,12H2. The van der Waals surface area contributed by atoms with Gasteiger partial charge in [0, 0.05) is 18.4 Å². The van der Waals surface area contributed by atoms with Crippen molar-refractivity contribution in [2.24, 2.45) is 0 Å². The molecule has 3 nitrogen and oxygen atoms in total. The van der Waals surface area contributed by atoms with E-state index >= 15 is 0 Å². The van der Waals surface area contributed by atoms with E-state index in [9.17, 15) is 8.78 Å². The number of hydrogen-bond donors (Lipinski definition) is 0. The fourth-order valence-electron chi connectivity index (χ4n) is 3.13. The molecule has 0 aliphatic heterocycles. The summed E-state index contributed by atoms with van der Waals surface area (Å²) in [6.45, 7) is -1.85. The number of aryl methyl sites for hydroxylation is 1. The van der Waals surface area contributed by atoms with Crippen LogP contribution in [0.4, 0.5) is 8.78 Å². The Labute approximate surface area is 128 Å². The predicted octanol–water partition coefficient (Wildman–Crippen LogP) is 3.40. The molecule has 1 aromatic carbocycles. The van der Waals surface area contributed by atoms with Gasteiger partial charge < -0.3 is 0 Å². The highest BCUT2D eigenvalue weighted by Crippen LogP contribution is 2.36. The average Bonchev–Trinajstić information content (AvgIpc) is 3.13. The zero-order valence-electron chi connectivity index (χ0n) is 12.1. The monoisotopic (exact) mass is 301 g/mol. The quantitative estimate of drug-likeness (QED) is 0.789. The normalized spacial score (nSPS) is 17.0. The van der Waals surface area contributed by atoms with Crippen molar-refractivity contribution < 1.29 is 8.78 Å². The first kappa shape index (κ1) is 14.7. The molecule has 0 amide bonds. The number of rotatable bonds is 5. The molecule has 0 fully saturated rings. The Bertz CT molecular complexity index is 687. The Balaban J connectivity index is 1.85. The lowest BCUT2D eigenvalue weighted by molar-refractivity contribution is 0.0627. The molecule has 1 aromatic heterocycles. The maximum absolute atomic E-state index is 13.0. The summed E-state index contributed by atoms with van der Waals surface area (Å²) in [4.78, 5) is 6.11. The van der Waals surface area contributed by atoms with Crippen LogP contribution in [0.1, 0.15) is 36.0 Å². The van der Waals surface area contributed by atoms with E-state index in [2.05, 4.69) is 23.0 Å². The summed E-state index contributed by atoms with van der Waals surface area (Å²) in [6.07, 6.45) is 10.1. The molecule has 22 heavy (non-hydrogen) atoms. The topological polar surface area (TPSA) is 21.1 Å². The van der Waals surface area contributed by atoms with Crippen LogP contribution in [-0.4, -0.2) is 21.0 Å². The zero-order valence-corrected chi connectivity index (χ0v) is 12.1. The Morgan fingerprint density at radius 3 is 3.00 bits per heavy atom. The van der Waals surface area contributed by atoms with E-state index in [4.69, 9.17) is 6.42 Å². The van der Waals surface area contributed by atoms with Crippen LogP contribution in [0.5, 0.6) is 0 Å². The van der Waals surface area contributed by atoms with Crippen LogP contribution >= 0.6 is 0 Å². The lowest BCUT2D eigenvalue weighted by Gasteiger charge is -2.27. The number of alkyl halides is 2. The molecule has 1 unspecified atom stereocenters. The van der Waals surface area contributed by atoms with Crippen molar-refractivity contribution in [1.29, 1.82) is 0 Å². The number of halogens is 2. The third-order valence-corrected chi connectivity index (χ3v) is 4.14. The summed E-state index contributed by atoms with van der Waals surface area (Å²) in [5.74, 6) is 2.98. The number of aromatic nitrogens is 2. The van der Waals surface area contributed by atoms with E-state index in [1.165, 1.54) is 23.5 Å². The molecule has 0 saturated carbocycles. The maximum Gasteiger partial charge on any atom is 0.319 e. The number of hydrogen-bond acceptors (Lipinski definition) is 2. The molecule has 1 atom stereocenters. The molecule has 1 aliphatic carbocycles. The number of benzene rings is 1. The van der Waals surface area contributed by atoms with Crippen molar-refractivity contribution in [1.82, 2.24) is 14.5 Å². The van der Waals surface area contributed by atoms with Crippen LogP contribution in [0, 0.1) is 12.3 Å². The second-order valence-electron chi connectivity index (χ2n) is 5.39. The smallest absolute Gasteiger partial charge is 0.278 e. The largest absolute Gasteiger partial charge is 0.319 e. The van der Waals surface area contributed by atoms with Crippen molar-refractivity contribution in [3.05, 3.63) is 53.6 Å². The highest BCUT2D eigenvalue weighted by atomic mass is 19.3. The van der Waals surface area contributed by atoms with E-state index in [0.717, 1.165) is 17.4 Å². The molecule has 2 aromatic rings. The summed E-state index contributed by atoms with van der Waals surface area (Å²) in [5, 5.41) is 0. The van der Waals surface area contributed by atoms with Crippen molar-refractivity contribution >= 4 is 0 Å². The molecule has 114 valence electrons. The Hall–Kier alpha value is -2.19. The van der Waals surface area contributed by atoms with Crippen LogP contribution in [0.2, 0.25) is 0 Å². The second kappa shape index (κ2) is 6.29. The van der Waals surface area contributed by atoms with E-state index in [0.29, 0.717) is 18.9 Å². The maximum atomic E-state index is 13.0. The fraction of sp³-hybridized carbons (Fsp3) is 0.353. The molecule has 0 N–H and O–H groups in total. The second-order valence-corrected chi connectivity index (χ2v) is 5.39. The first-order valence-electron chi connectivity index (χ1n) is 7.26. The molecular weight excluding hydrogens is 284 g/mol. The van der Waals surface area contributed by atoms with Gasteiger partial charge >= 0.3 is 6.55 Å². The van der Waals surface area contributed by atoms with Gasteiger partial charge in [0.1, 0.15) is 5.82 Å². The number of nitrogens with zero attached hydrogens (tertiary/aromatic N) is 3. The summed E-state index contributed by atoms with van der Waals surface area (Å²) >= 11 is 0. The van der Waals surface area contributed by atoms with Crippen molar-refractivity contribution in [3.8, 4) is 12.3 Å². The summed E-state index contributed by atoms with van der Waals surface area (Å²) in [5.41, 5.74) is 2.56. The van der Waals surface area contributed by atoms with Gasteiger partial charge in [0.05, 0.1) is 13.1 Å². The minimum absolute atomic E-state index is 0.162. The van der Waals surface area contributed by atoms with Crippen LogP contribution < -0.4 is 0 Å². The van der Waals surface area contributed by atoms with Crippen molar-refractivity contribution in [2.75, 3.05) is 6.54 Å². The molecule has 3 rings (SSSR count). The molecule has 5 heteroatoms. The van der Waals surface area contributed by atoms with Gasteiger partial charge in [0.15, 0.2) is 0 Å². The van der Waals surface area contributed by atoms with Gasteiger partial charge in [-0.15, -0.1) is 6.42 Å². The molecule has 0 radical (unpaired) electrons. The van der Waals surface area contributed by atoms with Crippen LogP contribution in [0.3, 0.4) is 0 Å². The Morgan fingerprint density at radius 2 is 2.23 bits per heavy atom. The van der Waals surface area contributed by atoms with Crippen LogP contribution in [-0.2, 0) is 13.0 Å². The van der Waals surface area contributed by atoms with Crippen LogP contribution in [0.15, 0.2) is 36.7 Å². The van der Waals surface area contributed by atoms with Gasteiger partial charge in [-0.2, -0.15) is 8.78 Å². The van der Waals surface area contributed by atoms with Crippen molar-refractivity contribution in [2.45, 2.75) is 32.0 Å². The summed E-state index contributed by atoms with van der Waals surface area (Å²) < 4.78 is 26.8. The molecule has 1 heterocycles. The number of fused-ring (bicyclic) bond motifs is 1. The summed E-state index contributed by atoms with van der Waals surface area (Å²) in [6, 6.07) is 8.40. The first-order chi connectivity index (χ1) is 10.7. The van der Waals surface area contributed by atoms with Crippen molar-refractivity contribution in [3.63, 3.8) is 0 Å². The van der Waals surface area contributed by atoms with Gasteiger partial charge in [-0.3, -0.25) is 9.47 Å². The minimum Gasteiger partial charge on any atom is -0.278 e. The van der Waals surface area contributed by atoms with Gasteiger partial charge in [-0.1, -0.05) is 30.2 Å². The molecular formula is C17H17F2N3. The highest BCUT2D eigenvalue weighted by Gasteiger charge is 2.28. The predicted molar refractivity (Wildman–Crippen MR) is 80.2 cm³/mol. The van der Waals surface area contributed by atoms with E-state index in [1.54, 1.807) is 0 Å². The molecule has 0 saturated heterocycles. The molecule has 0 bridgehead atoms. The molecule has 0 spiro atoms. The average molecular weight is 301 g/mol. The number of terminal acetylenes is 1.